The zero-order valence-corrected chi connectivity index (χ0v) is 37.1. The number of anilines is 4. The Balaban J connectivity index is 0.000000316. The number of rotatable bonds is 16. The molecule has 0 saturated heterocycles. The quantitative estimate of drug-likeness (QED) is 0.0840. The van der Waals surface area contributed by atoms with Gasteiger partial charge in [-0.2, -0.15) is 0 Å². The van der Waals surface area contributed by atoms with Gasteiger partial charge in [0.05, 0.1) is 65.4 Å². The van der Waals surface area contributed by atoms with Gasteiger partial charge in [-0.3, -0.25) is 29.8 Å². The highest BCUT2D eigenvalue weighted by Gasteiger charge is 2.21. The molecule has 0 saturated carbocycles. The lowest BCUT2D eigenvalue weighted by atomic mass is 10.2. The van der Waals surface area contributed by atoms with E-state index in [9.17, 15) is 44.8 Å². The van der Waals surface area contributed by atoms with Crippen LogP contribution in [0, 0.1) is 23.5 Å². The number of thiazole rings is 2. The molecular formula is C34H41BrF2N8O10S4. The number of carbonyl (C=O) groups is 4. The monoisotopic (exact) mass is 966 g/mol. The second kappa shape index (κ2) is 22.1. The topological polar surface area (TPSA) is 253 Å². The third kappa shape index (κ3) is 18.0. The number of hydrogen-bond acceptors (Lipinski definition) is 14. The van der Waals surface area contributed by atoms with E-state index < -0.39 is 55.3 Å². The van der Waals surface area contributed by atoms with Crippen LogP contribution in [0.25, 0.3) is 0 Å². The summed E-state index contributed by atoms with van der Waals surface area (Å²) in [5.74, 6) is -4.48. The molecule has 0 bridgehead atoms. The van der Waals surface area contributed by atoms with Crippen LogP contribution in [0.4, 0.5) is 30.4 Å². The zero-order valence-electron chi connectivity index (χ0n) is 32.3. The summed E-state index contributed by atoms with van der Waals surface area (Å²) in [7, 11) is -6.79. The van der Waals surface area contributed by atoms with Crippen LogP contribution in [-0.2, 0) is 52.3 Å². The number of hydrogen-bond donors (Lipinski definition) is 6. The maximum atomic E-state index is 13.5. The van der Waals surface area contributed by atoms with Gasteiger partial charge in [0.1, 0.15) is 23.1 Å². The van der Waals surface area contributed by atoms with Gasteiger partial charge >= 0.3 is 23.6 Å². The van der Waals surface area contributed by atoms with Crippen LogP contribution in [0.15, 0.2) is 45.6 Å². The van der Waals surface area contributed by atoms with Crippen molar-refractivity contribution in [1.82, 2.24) is 19.4 Å². The van der Waals surface area contributed by atoms with E-state index in [4.69, 9.17) is 9.47 Å². The molecule has 322 valence electrons. The van der Waals surface area contributed by atoms with Crippen molar-refractivity contribution in [2.24, 2.45) is 11.8 Å². The van der Waals surface area contributed by atoms with Crippen molar-refractivity contribution >= 4 is 104 Å². The summed E-state index contributed by atoms with van der Waals surface area (Å²) in [6, 6.07) is 7.11. The molecule has 4 amide bonds. The number of nitrogens with one attached hydrogen (secondary N) is 6. The molecule has 59 heavy (non-hydrogen) atoms. The molecule has 4 aromatic rings. The van der Waals surface area contributed by atoms with Crippen molar-refractivity contribution in [1.29, 1.82) is 0 Å². The van der Waals surface area contributed by atoms with Gasteiger partial charge in [-0.05, 0) is 52.0 Å². The standard InChI is InChI=1S/C17H20BrFN4O5S2.C17H21FN4O5S2/c1-9(2)8-28-13-6-10(19)4-5-11(13)21-15(24)16(25)23-17-22-12(14(18)29-17)7-20-30(3,26)27;1-10(2)8-27-14-6-11(18)4-5-13(14)21-15(23)16(24)22-17-20-12(9-28-17)7-19-29(3,25)26/h4-6,9,20H,7-8H2,1-3H3,(H,21,24)(H,22,23,25);4-6,9-10,19H,7-8H2,1-3H3,(H,21,23)(H,20,22,24). The summed E-state index contributed by atoms with van der Waals surface area (Å²) < 4.78 is 87.6. The lowest BCUT2D eigenvalue weighted by Gasteiger charge is -2.13. The van der Waals surface area contributed by atoms with Crippen LogP contribution in [0.5, 0.6) is 11.5 Å². The molecule has 0 aliphatic heterocycles. The van der Waals surface area contributed by atoms with Crippen LogP contribution in [-0.4, -0.2) is 76.2 Å². The zero-order chi connectivity index (χ0) is 44.1. The first kappa shape index (κ1) is 48.7. The first-order valence-electron chi connectivity index (χ1n) is 17.1. The highest BCUT2D eigenvalue weighted by molar-refractivity contribution is 9.11. The number of amides is 4. The Morgan fingerprint density at radius 3 is 1.59 bits per heavy atom. The molecule has 2 aromatic carbocycles. The highest BCUT2D eigenvalue weighted by atomic mass is 79.9. The Morgan fingerprint density at radius 2 is 1.14 bits per heavy atom. The van der Waals surface area contributed by atoms with Crippen molar-refractivity contribution in [2.75, 3.05) is 47.0 Å². The van der Waals surface area contributed by atoms with E-state index in [1.807, 2.05) is 27.7 Å². The van der Waals surface area contributed by atoms with Crippen LogP contribution in [0.2, 0.25) is 0 Å². The molecule has 2 aromatic heterocycles. The van der Waals surface area contributed by atoms with E-state index in [0.29, 0.717) is 28.4 Å². The van der Waals surface area contributed by atoms with Gasteiger partial charge in [-0.1, -0.05) is 39.0 Å². The fraction of sp³-hybridized carbons (Fsp3) is 0.353. The number of ether oxygens (including phenoxy) is 2. The minimum absolute atomic E-state index is 0.0382. The normalized spacial score (nSPS) is 11.4. The summed E-state index contributed by atoms with van der Waals surface area (Å²) in [6.45, 7) is 8.15. The molecule has 6 N–H and O–H groups in total. The first-order valence-corrected chi connectivity index (χ1v) is 23.3. The summed E-state index contributed by atoms with van der Waals surface area (Å²) in [6.07, 6.45) is 2.02. The predicted octanol–water partition coefficient (Wildman–Crippen LogP) is 4.65. The molecular weight excluding hydrogens is 927 g/mol. The van der Waals surface area contributed by atoms with Crippen molar-refractivity contribution in [2.45, 2.75) is 40.8 Å². The number of benzene rings is 2. The van der Waals surface area contributed by atoms with Crippen LogP contribution in [0.1, 0.15) is 39.1 Å². The fourth-order valence-electron chi connectivity index (χ4n) is 3.96. The van der Waals surface area contributed by atoms with E-state index >= 15 is 0 Å². The summed E-state index contributed by atoms with van der Waals surface area (Å²) >= 11 is 5.28. The second-order valence-electron chi connectivity index (χ2n) is 13.1. The minimum atomic E-state index is -3.41. The molecule has 0 atom stereocenters. The van der Waals surface area contributed by atoms with Crippen molar-refractivity contribution in [3.8, 4) is 11.5 Å². The van der Waals surface area contributed by atoms with Gasteiger partial charge < -0.3 is 20.1 Å². The summed E-state index contributed by atoms with van der Waals surface area (Å²) in [5.41, 5.74) is 1.04. The predicted molar refractivity (Wildman–Crippen MR) is 223 cm³/mol. The number of nitrogens with zero attached hydrogens (tertiary/aromatic N) is 2. The number of carbonyl (C=O) groups excluding carboxylic acids is 4. The average Bonchev–Trinajstić information content (AvgIpc) is 3.74. The lowest BCUT2D eigenvalue weighted by molar-refractivity contribution is -0.133. The van der Waals surface area contributed by atoms with Gasteiger partial charge in [0, 0.05) is 17.5 Å². The molecule has 25 heteroatoms. The van der Waals surface area contributed by atoms with E-state index in [1.54, 1.807) is 5.38 Å². The third-order valence-corrected chi connectivity index (χ3v) is 10.5. The largest absolute Gasteiger partial charge is 0.491 e. The summed E-state index contributed by atoms with van der Waals surface area (Å²) in [4.78, 5) is 56.8. The van der Waals surface area contributed by atoms with Crippen LogP contribution in [0.3, 0.4) is 0 Å². The van der Waals surface area contributed by atoms with E-state index in [-0.39, 0.29) is 58.1 Å². The minimum Gasteiger partial charge on any atom is -0.491 e. The maximum absolute atomic E-state index is 13.5. The molecule has 18 nitrogen and oxygen atoms in total. The Bertz CT molecular complexity index is 2360. The molecule has 2 heterocycles. The Hall–Kier alpha value is -4.66. The number of aromatic nitrogens is 2. The van der Waals surface area contributed by atoms with Crippen LogP contribution >= 0.6 is 38.6 Å². The second-order valence-corrected chi connectivity index (χ2v) is 19.9. The van der Waals surface area contributed by atoms with Gasteiger partial charge in [-0.25, -0.2) is 45.0 Å². The maximum Gasteiger partial charge on any atom is 0.315 e. The number of sulfonamides is 2. The smallest absolute Gasteiger partial charge is 0.315 e. The first-order chi connectivity index (χ1) is 27.5. The SMILES string of the molecule is CC(C)COc1cc(F)ccc1NC(=O)C(=O)Nc1nc(CNS(C)(=O)=O)c(Br)s1.CC(C)COc1cc(F)ccc1NC(=O)C(=O)Nc1nc(CNS(C)(=O)=O)cs1. The molecule has 4 rings (SSSR count). The molecule has 0 spiro atoms. The van der Waals surface area contributed by atoms with Crippen molar-refractivity contribution in [3.63, 3.8) is 0 Å². The Kier molecular flexibility index (Phi) is 18.2. The summed E-state index contributed by atoms with van der Waals surface area (Å²) in [5, 5.41) is 11.2. The Labute approximate surface area is 355 Å². The molecule has 0 aliphatic rings. The molecule has 0 fully saturated rings. The highest BCUT2D eigenvalue weighted by Crippen LogP contribution is 2.30. The van der Waals surface area contributed by atoms with Gasteiger partial charge in [0.2, 0.25) is 20.0 Å². The lowest BCUT2D eigenvalue weighted by Crippen LogP contribution is -2.29. The van der Waals surface area contributed by atoms with Crippen LogP contribution < -0.4 is 40.2 Å². The molecule has 0 unspecified atom stereocenters. The molecule has 0 radical (unpaired) electrons. The molecule has 0 aliphatic carbocycles. The third-order valence-electron chi connectivity index (χ3n) is 6.60. The van der Waals surface area contributed by atoms with Crippen molar-refractivity contribution in [3.05, 3.63) is 68.6 Å². The van der Waals surface area contributed by atoms with E-state index in [0.717, 1.165) is 59.5 Å². The fourth-order valence-corrected chi connectivity index (χ4v) is 6.87. The van der Waals surface area contributed by atoms with Gasteiger partial charge in [0.15, 0.2) is 10.3 Å². The van der Waals surface area contributed by atoms with Crippen molar-refractivity contribution < 1.29 is 54.3 Å². The van der Waals surface area contributed by atoms with E-state index in [1.165, 1.54) is 12.1 Å². The average molecular weight is 968 g/mol. The van der Waals surface area contributed by atoms with E-state index in [2.05, 4.69) is 56.6 Å². The van der Waals surface area contributed by atoms with Gasteiger partial charge in [0.25, 0.3) is 0 Å². The number of halogens is 3. The van der Waals surface area contributed by atoms with Gasteiger partial charge in [-0.15, -0.1) is 11.3 Å². The Morgan fingerprint density at radius 1 is 0.695 bits per heavy atom.